The molecule has 20 heavy (non-hydrogen) atoms. The van der Waals surface area contributed by atoms with E-state index in [9.17, 15) is 14.4 Å². The number of amides is 2. The smallest absolute Gasteiger partial charge is 0.441 e. The third-order valence-corrected chi connectivity index (χ3v) is 3.57. The largest absolute Gasteiger partial charge is 0.463 e. The second-order valence-electron chi connectivity index (χ2n) is 4.68. The molecule has 1 N–H and O–H groups in total. The highest BCUT2D eigenvalue weighted by atomic mass is 16.7. The third kappa shape index (κ3) is 1.78. The number of likely N-dealkylation sites (tertiary alicyclic amines) is 1. The second-order valence-corrected chi connectivity index (χ2v) is 4.68. The van der Waals surface area contributed by atoms with Gasteiger partial charge in [-0.2, -0.15) is 0 Å². The van der Waals surface area contributed by atoms with Crippen LogP contribution in [0.15, 0.2) is 30.3 Å². The molecule has 1 aromatic carbocycles. The van der Waals surface area contributed by atoms with Gasteiger partial charge in [0.1, 0.15) is 6.04 Å². The molecule has 0 spiro atoms. The highest BCUT2D eigenvalue weighted by Crippen LogP contribution is 2.31. The van der Waals surface area contributed by atoms with E-state index in [1.54, 1.807) is 30.3 Å². The summed E-state index contributed by atoms with van der Waals surface area (Å²) in [6.45, 7) is 0.335. The molecule has 2 heterocycles. The Bertz CT molecular complexity index is 573. The molecule has 0 radical (unpaired) electrons. The Morgan fingerprint density at radius 1 is 1.25 bits per heavy atom. The van der Waals surface area contributed by atoms with Crippen LogP contribution in [0, 0.1) is 0 Å². The van der Waals surface area contributed by atoms with Crippen LogP contribution >= 0.6 is 0 Å². The molecule has 2 fully saturated rings. The number of hydroxylamine groups is 2. The van der Waals surface area contributed by atoms with E-state index in [-0.39, 0.29) is 5.91 Å². The number of carbonyl (C=O) groups is 3. The maximum atomic E-state index is 12.4. The fourth-order valence-corrected chi connectivity index (χ4v) is 2.68. The van der Waals surface area contributed by atoms with E-state index in [4.69, 9.17) is 9.94 Å². The Labute approximate surface area is 114 Å². The Morgan fingerprint density at radius 2 is 1.95 bits per heavy atom. The normalized spacial score (nSPS) is 24.5. The SMILES string of the molecule is O=C1ON(C(=O)O)[C@H]2CCN(C(=O)c3ccccc3)[C@H]12. The predicted octanol–water partition coefficient (Wildman–Crippen LogP) is 0.721. The fourth-order valence-electron chi connectivity index (χ4n) is 2.68. The average Bonchev–Trinajstić information content (AvgIpc) is 3.01. The minimum Gasteiger partial charge on any atom is -0.463 e. The van der Waals surface area contributed by atoms with Crippen LogP contribution in [0.4, 0.5) is 4.79 Å². The summed E-state index contributed by atoms with van der Waals surface area (Å²) in [5.41, 5.74) is 0.467. The molecule has 0 bridgehead atoms. The Balaban J connectivity index is 1.86. The van der Waals surface area contributed by atoms with Gasteiger partial charge in [-0.05, 0) is 18.6 Å². The summed E-state index contributed by atoms with van der Waals surface area (Å²) in [4.78, 5) is 41.2. The van der Waals surface area contributed by atoms with Crippen molar-refractivity contribution in [1.29, 1.82) is 0 Å². The summed E-state index contributed by atoms with van der Waals surface area (Å²) in [7, 11) is 0. The standard InChI is InChI=1S/C13H12N2O5/c16-11(8-4-2-1-3-5-8)14-7-6-9-10(14)12(17)20-15(9)13(18)19/h1-5,9-10H,6-7H2,(H,18,19)/t9-,10-/m0/s1. The van der Waals surface area contributed by atoms with Crippen molar-refractivity contribution in [3.05, 3.63) is 35.9 Å². The monoisotopic (exact) mass is 276 g/mol. The van der Waals surface area contributed by atoms with E-state index < -0.39 is 24.1 Å². The van der Waals surface area contributed by atoms with Crippen molar-refractivity contribution in [2.45, 2.75) is 18.5 Å². The van der Waals surface area contributed by atoms with Crippen molar-refractivity contribution < 1.29 is 24.3 Å². The van der Waals surface area contributed by atoms with Gasteiger partial charge in [-0.25, -0.2) is 9.59 Å². The number of benzene rings is 1. The summed E-state index contributed by atoms with van der Waals surface area (Å²) >= 11 is 0. The van der Waals surface area contributed by atoms with E-state index in [1.807, 2.05) is 0 Å². The van der Waals surface area contributed by atoms with Crippen LogP contribution in [-0.2, 0) is 9.63 Å². The number of hydrogen-bond acceptors (Lipinski definition) is 4. The molecule has 3 rings (SSSR count). The van der Waals surface area contributed by atoms with E-state index in [0.29, 0.717) is 23.6 Å². The van der Waals surface area contributed by atoms with Gasteiger partial charge < -0.3 is 14.8 Å². The second kappa shape index (κ2) is 4.52. The summed E-state index contributed by atoms with van der Waals surface area (Å²) in [5.74, 6) is -0.985. The molecule has 1 aromatic rings. The topological polar surface area (TPSA) is 87.2 Å². The van der Waals surface area contributed by atoms with E-state index in [0.717, 1.165) is 0 Å². The molecule has 7 heteroatoms. The quantitative estimate of drug-likeness (QED) is 0.816. The van der Waals surface area contributed by atoms with Gasteiger partial charge >= 0.3 is 12.1 Å². The Hall–Kier alpha value is -2.57. The molecule has 2 aliphatic rings. The average molecular weight is 276 g/mol. The number of nitrogens with zero attached hydrogens (tertiary/aromatic N) is 2. The summed E-state index contributed by atoms with van der Waals surface area (Å²) < 4.78 is 0. The highest BCUT2D eigenvalue weighted by Gasteiger charge is 2.54. The first-order chi connectivity index (χ1) is 9.59. The molecule has 0 aromatic heterocycles. The maximum Gasteiger partial charge on any atom is 0.441 e. The minimum absolute atomic E-state index is 0.290. The predicted molar refractivity (Wildman–Crippen MR) is 65.6 cm³/mol. The van der Waals surface area contributed by atoms with Crippen LogP contribution < -0.4 is 0 Å². The van der Waals surface area contributed by atoms with E-state index in [2.05, 4.69) is 0 Å². The number of carboxylic acid groups (broad SMARTS) is 1. The van der Waals surface area contributed by atoms with Crippen molar-refractivity contribution in [2.75, 3.05) is 6.54 Å². The highest BCUT2D eigenvalue weighted by molar-refractivity contribution is 5.98. The first kappa shape index (κ1) is 12.5. The van der Waals surface area contributed by atoms with Crippen molar-refractivity contribution in [2.24, 2.45) is 0 Å². The van der Waals surface area contributed by atoms with Crippen molar-refractivity contribution in [1.82, 2.24) is 9.96 Å². The van der Waals surface area contributed by atoms with Crippen molar-refractivity contribution in [3.8, 4) is 0 Å². The van der Waals surface area contributed by atoms with Crippen LogP contribution in [0.25, 0.3) is 0 Å². The Kier molecular flexibility index (Phi) is 2.81. The molecular weight excluding hydrogens is 264 g/mol. The lowest BCUT2D eigenvalue weighted by molar-refractivity contribution is -0.167. The third-order valence-electron chi connectivity index (χ3n) is 3.57. The van der Waals surface area contributed by atoms with Gasteiger partial charge in [-0.3, -0.25) is 4.79 Å². The van der Waals surface area contributed by atoms with E-state index in [1.165, 1.54) is 4.90 Å². The summed E-state index contributed by atoms with van der Waals surface area (Å²) in [5, 5.41) is 9.61. The van der Waals surface area contributed by atoms with Gasteiger partial charge in [0.2, 0.25) is 0 Å². The van der Waals surface area contributed by atoms with Gasteiger partial charge in [0.05, 0.1) is 0 Å². The van der Waals surface area contributed by atoms with Gasteiger partial charge in [-0.1, -0.05) is 18.2 Å². The number of hydrogen-bond donors (Lipinski definition) is 1. The molecule has 104 valence electrons. The van der Waals surface area contributed by atoms with Crippen LogP contribution in [0.1, 0.15) is 16.8 Å². The van der Waals surface area contributed by atoms with Gasteiger partial charge in [0.25, 0.3) is 5.91 Å². The molecular formula is C13H12N2O5. The van der Waals surface area contributed by atoms with E-state index >= 15 is 0 Å². The molecule has 2 saturated heterocycles. The van der Waals surface area contributed by atoms with Gasteiger partial charge in [0, 0.05) is 12.1 Å². The summed E-state index contributed by atoms with van der Waals surface area (Å²) in [6.07, 6.45) is -0.929. The first-order valence-electron chi connectivity index (χ1n) is 6.19. The number of carbonyl (C=O) groups excluding carboxylic acids is 2. The lowest BCUT2D eigenvalue weighted by Crippen LogP contribution is -2.43. The molecule has 0 saturated carbocycles. The first-order valence-corrected chi connectivity index (χ1v) is 6.19. The molecule has 2 atom stereocenters. The molecule has 0 aliphatic carbocycles. The zero-order valence-electron chi connectivity index (χ0n) is 10.4. The lowest BCUT2D eigenvalue weighted by atomic mass is 10.1. The van der Waals surface area contributed by atoms with Crippen LogP contribution in [0.3, 0.4) is 0 Å². The lowest BCUT2D eigenvalue weighted by Gasteiger charge is -2.20. The maximum absolute atomic E-state index is 12.4. The fraction of sp³-hybridized carbons (Fsp3) is 0.308. The van der Waals surface area contributed by atoms with Crippen molar-refractivity contribution in [3.63, 3.8) is 0 Å². The number of fused-ring (bicyclic) bond motifs is 1. The van der Waals surface area contributed by atoms with Crippen LogP contribution in [0.2, 0.25) is 0 Å². The molecule has 0 unspecified atom stereocenters. The minimum atomic E-state index is -1.32. The van der Waals surface area contributed by atoms with Crippen LogP contribution in [-0.4, -0.2) is 51.7 Å². The molecule has 2 aliphatic heterocycles. The molecule has 2 amide bonds. The number of rotatable bonds is 1. The van der Waals surface area contributed by atoms with Gasteiger partial charge in [-0.15, -0.1) is 5.06 Å². The van der Waals surface area contributed by atoms with Crippen molar-refractivity contribution >= 4 is 18.0 Å². The van der Waals surface area contributed by atoms with Crippen LogP contribution in [0.5, 0.6) is 0 Å². The Morgan fingerprint density at radius 3 is 2.60 bits per heavy atom. The zero-order chi connectivity index (χ0) is 14.3. The zero-order valence-corrected chi connectivity index (χ0v) is 10.4. The summed E-state index contributed by atoms with van der Waals surface area (Å²) in [6, 6.07) is 7.11. The van der Waals surface area contributed by atoms with Gasteiger partial charge in [0.15, 0.2) is 6.04 Å². The molecule has 7 nitrogen and oxygen atoms in total.